The smallest absolute Gasteiger partial charge is 0.242 e. The number of hydrogen-bond acceptors (Lipinski definition) is 4. The van der Waals surface area contributed by atoms with Crippen LogP contribution in [0.4, 0.5) is 0 Å². The Morgan fingerprint density at radius 3 is 2.50 bits per heavy atom. The first-order chi connectivity index (χ1) is 10.4. The third kappa shape index (κ3) is 5.75. The summed E-state index contributed by atoms with van der Waals surface area (Å²) in [6.45, 7) is 3.55. The predicted molar refractivity (Wildman–Crippen MR) is 85.9 cm³/mol. The fraction of sp³-hybridized carbons (Fsp3) is 0.533. The highest BCUT2D eigenvalue weighted by Crippen LogP contribution is 2.21. The van der Waals surface area contributed by atoms with Gasteiger partial charge in [-0.05, 0) is 18.9 Å². The number of nitrogens with one attached hydrogen (secondary N) is 1. The van der Waals surface area contributed by atoms with Crippen molar-refractivity contribution in [2.75, 3.05) is 33.1 Å². The van der Waals surface area contributed by atoms with E-state index in [-0.39, 0.29) is 5.91 Å². The van der Waals surface area contributed by atoms with Gasteiger partial charge in [-0.25, -0.2) is 8.42 Å². The summed E-state index contributed by atoms with van der Waals surface area (Å²) in [6.07, 6.45) is 1.77. The van der Waals surface area contributed by atoms with Gasteiger partial charge >= 0.3 is 0 Å². The molecule has 0 saturated heterocycles. The molecule has 0 radical (unpaired) electrons. The second kappa shape index (κ2) is 8.87. The van der Waals surface area contributed by atoms with Crippen molar-refractivity contribution in [2.45, 2.75) is 19.4 Å². The van der Waals surface area contributed by atoms with Gasteiger partial charge in [-0.15, -0.1) is 0 Å². The van der Waals surface area contributed by atoms with Crippen LogP contribution in [-0.4, -0.2) is 51.7 Å². The van der Waals surface area contributed by atoms with Crippen LogP contribution in [0.25, 0.3) is 0 Å². The zero-order valence-corrected chi connectivity index (χ0v) is 14.1. The first-order valence-electron chi connectivity index (χ1n) is 7.21. The van der Waals surface area contributed by atoms with E-state index >= 15 is 0 Å². The molecule has 1 aromatic carbocycles. The topological polar surface area (TPSA) is 75.7 Å². The van der Waals surface area contributed by atoms with E-state index in [0.717, 1.165) is 10.6 Å². The Morgan fingerprint density at radius 1 is 1.32 bits per heavy atom. The van der Waals surface area contributed by atoms with E-state index in [1.807, 2.05) is 13.0 Å². The summed E-state index contributed by atoms with van der Waals surface area (Å²) in [6, 6.07) is 7.99. The summed E-state index contributed by atoms with van der Waals surface area (Å²) in [5.41, 5.74) is 0.637. The standard InChI is InChI=1S/C15H24N2O4S/c1-4-21-12-8-11-16-15(18)14(17(2)22(3,19)20)13-9-6-5-7-10-13/h5-7,9-10,14H,4,8,11-12H2,1-3H3,(H,16,18). The van der Waals surface area contributed by atoms with Crippen LogP contribution in [0.15, 0.2) is 30.3 Å². The number of benzene rings is 1. The number of ether oxygens (including phenoxy) is 1. The van der Waals surface area contributed by atoms with E-state index in [1.165, 1.54) is 7.05 Å². The third-order valence-corrected chi connectivity index (χ3v) is 4.48. The molecular weight excluding hydrogens is 304 g/mol. The first-order valence-corrected chi connectivity index (χ1v) is 9.06. The highest BCUT2D eigenvalue weighted by atomic mass is 32.2. The van der Waals surface area contributed by atoms with Crippen LogP contribution in [0.1, 0.15) is 24.9 Å². The normalized spacial score (nSPS) is 13.1. The lowest BCUT2D eigenvalue weighted by molar-refractivity contribution is -0.124. The molecule has 0 aliphatic heterocycles. The maximum atomic E-state index is 12.4. The second-order valence-corrected chi connectivity index (χ2v) is 6.98. The number of rotatable bonds is 9. The van der Waals surface area contributed by atoms with Crippen LogP contribution in [0.3, 0.4) is 0 Å². The van der Waals surface area contributed by atoms with Crippen LogP contribution >= 0.6 is 0 Å². The van der Waals surface area contributed by atoms with Gasteiger partial charge in [0.2, 0.25) is 15.9 Å². The monoisotopic (exact) mass is 328 g/mol. The van der Waals surface area contributed by atoms with Gasteiger partial charge in [-0.3, -0.25) is 4.79 Å². The molecule has 6 nitrogen and oxygen atoms in total. The quantitative estimate of drug-likeness (QED) is 0.690. The molecule has 0 aliphatic rings. The number of hydrogen-bond donors (Lipinski definition) is 1. The lowest BCUT2D eigenvalue weighted by Gasteiger charge is -2.25. The Balaban J connectivity index is 2.80. The average molecular weight is 328 g/mol. The van der Waals surface area contributed by atoms with Crippen molar-refractivity contribution < 1.29 is 17.9 Å². The van der Waals surface area contributed by atoms with Crippen molar-refractivity contribution in [1.29, 1.82) is 0 Å². The van der Waals surface area contributed by atoms with Crippen molar-refractivity contribution in [3.63, 3.8) is 0 Å². The van der Waals surface area contributed by atoms with E-state index in [1.54, 1.807) is 24.3 Å². The molecule has 1 aromatic rings. The van der Waals surface area contributed by atoms with Gasteiger partial charge in [0, 0.05) is 26.8 Å². The summed E-state index contributed by atoms with van der Waals surface area (Å²) in [5, 5.41) is 2.77. The van der Waals surface area contributed by atoms with Gasteiger partial charge in [0.25, 0.3) is 0 Å². The van der Waals surface area contributed by atoms with Gasteiger partial charge in [0.05, 0.1) is 6.26 Å². The maximum absolute atomic E-state index is 12.4. The summed E-state index contributed by atoms with van der Waals surface area (Å²) in [5.74, 6) is -0.337. The van der Waals surface area contributed by atoms with Gasteiger partial charge in [0.1, 0.15) is 6.04 Å². The molecule has 7 heteroatoms. The fourth-order valence-corrected chi connectivity index (χ4v) is 2.58. The van der Waals surface area contributed by atoms with Crippen molar-refractivity contribution in [3.05, 3.63) is 35.9 Å². The zero-order valence-electron chi connectivity index (χ0n) is 13.3. The Labute approximate surface area is 132 Å². The molecule has 22 heavy (non-hydrogen) atoms. The predicted octanol–water partition coefficient (Wildman–Crippen LogP) is 1.16. The number of amides is 1. The molecule has 0 bridgehead atoms. The maximum Gasteiger partial charge on any atom is 0.242 e. The summed E-state index contributed by atoms with van der Waals surface area (Å²) in [4.78, 5) is 12.4. The third-order valence-electron chi connectivity index (χ3n) is 3.22. The molecule has 0 aromatic heterocycles. The number of sulfonamides is 1. The molecule has 0 saturated carbocycles. The second-order valence-electron chi connectivity index (χ2n) is 4.93. The van der Waals surface area contributed by atoms with Gasteiger partial charge in [-0.1, -0.05) is 30.3 Å². The minimum atomic E-state index is -3.49. The molecule has 0 aliphatic carbocycles. The zero-order chi connectivity index (χ0) is 16.6. The van der Waals surface area contributed by atoms with Gasteiger partial charge < -0.3 is 10.1 Å². The number of carbonyl (C=O) groups is 1. The summed E-state index contributed by atoms with van der Waals surface area (Å²) < 4.78 is 29.9. The molecule has 0 heterocycles. The lowest BCUT2D eigenvalue weighted by Crippen LogP contribution is -2.41. The van der Waals surface area contributed by atoms with Crippen molar-refractivity contribution >= 4 is 15.9 Å². The SMILES string of the molecule is CCOCCCNC(=O)C(c1ccccc1)N(C)S(C)(=O)=O. The Hall–Kier alpha value is -1.44. The van der Waals surface area contributed by atoms with E-state index in [4.69, 9.17) is 4.74 Å². The Morgan fingerprint density at radius 2 is 1.95 bits per heavy atom. The van der Waals surface area contributed by atoms with Gasteiger partial charge in [0.15, 0.2) is 0 Å². The highest BCUT2D eigenvalue weighted by Gasteiger charge is 2.30. The molecule has 1 rings (SSSR count). The Kier molecular flexibility index (Phi) is 7.50. The number of likely N-dealkylation sites (N-methyl/N-ethyl adjacent to an activating group) is 1. The molecule has 0 fully saturated rings. The average Bonchev–Trinajstić information content (AvgIpc) is 2.47. The van der Waals surface area contributed by atoms with Crippen LogP contribution in [0, 0.1) is 0 Å². The minimum Gasteiger partial charge on any atom is -0.382 e. The van der Waals surface area contributed by atoms with Crippen molar-refractivity contribution in [3.8, 4) is 0 Å². The van der Waals surface area contributed by atoms with Gasteiger partial charge in [-0.2, -0.15) is 4.31 Å². The van der Waals surface area contributed by atoms with Crippen LogP contribution in [-0.2, 0) is 19.6 Å². The molecule has 1 unspecified atom stereocenters. The van der Waals surface area contributed by atoms with Crippen molar-refractivity contribution in [1.82, 2.24) is 9.62 Å². The minimum absolute atomic E-state index is 0.337. The fourth-order valence-electron chi connectivity index (χ4n) is 1.98. The summed E-state index contributed by atoms with van der Waals surface area (Å²) >= 11 is 0. The molecule has 1 amide bonds. The molecule has 0 spiro atoms. The van der Waals surface area contributed by atoms with Crippen molar-refractivity contribution in [2.24, 2.45) is 0 Å². The molecular formula is C15H24N2O4S. The summed E-state index contributed by atoms with van der Waals surface area (Å²) in [7, 11) is -2.08. The van der Waals surface area contributed by atoms with E-state index in [0.29, 0.717) is 31.7 Å². The largest absolute Gasteiger partial charge is 0.382 e. The molecule has 1 N–H and O–H groups in total. The highest BCUT2D eigenvalue weighted by molar-refractivity contribution is 7.88. The first kappa shape index (κ1) is 18.6. The lowest BCUT2D eigenvalue weighted by atomic mass is 10.1. The van der Waals surface area contributed by atoms with E-state index in [2.05, 4.69) is 5.32 Å². The van der Waals surface area contributed by atoms with E-state index < -0.39 is 16.1 Å². The van der Waals surface area contributed by atoms with E-state index in [9.17, 15) is 13.2 Å². The molecule has 124 valence electrons. The molecule has 1 atom stereocenters. The van der Waals surface area contributed by atoms with Crippen LogP contribution in [0.2, 0.25) is 0 Å². The van der Waals surface area contributed by atoms with Crippen LogP contribution in [0.5, 0.6) is 0 Å². The Bertz CT molecular complexity index is 560. The van der Waals surface area contributed by atoms with Crippen LogP contribution < -0.4 is 5.32 Å². The number of carbonyl (C=O) groups excluding carboxylic acids is 1. The number of nitrogens with zero attached hydrogens (tertiary/aromatic N) is 1.